The number of hydrogen-bond acceptors (Lipinski definition) is 8. The number of rotatable bonds is 3. The molecule has 2 heterocycles. The maximum atomic E-state index is 12.1. The number of aliphatic imine (C=N–C) groups is 1. The van der Waals surface area contributed by atoms with E-state index in [4.69, 9.17) is 21.1 Å². The highest BCUT2D eigenvalue weighted by Crippen LogP contribution is 2.29. The van der Waals surface area contributed by atoms with E-state index in [0.29, 0.717) is 0 Å². The molecule has 1 fully saturated rings. The smallest absolute Gasteiger partial charge is 0.351 e. The van der Waals surface area contributed by atoms with E-state index in [1.165, 1.54) is 12.3 Å². The average molecular weight is 361 g/mol. The molecule has 0 radical (unpaired) electrons. The third-order valence-electron chi connectivity index (χ3n) is 3.18. The number of hydrogen-bond donors (Lipinski definition) is 2. The summed E-state index contributed by atoms with van der Waals surface area (Å²) in [6.45, 7) is 5.05. The summed E-state index contributed by atoms with van der Waals surface area (Å²) in [6.07, 6.45) is -4.09. The first-order chi connectivity index (χ1) is 11.1. The van der Waals surface area contributed by atoms with Crippen molar-refractivity contribution in [2.75, 3.05) is 5.88 Å². The van der Waals surface area contributed by atoms with Crippen molar-refractivity contribution in [3.05, 3.63) is 22.7 Å². The topological polar surface area (TPSA) is 129 Å². The molecule has 1 aliphatic rings. The Balaban J connectivity index is 2.22. The van der Waals surface area contributed by atoms with E-state index >= 15 is 0 Å². The summed E-state index contributed by atoms with van der Waals surface area (Å²) in [7, 11) is 0. The molecule has 1 aliphatic heterocycles. The van der Waals surface area contributed by atoms with Crippen molar-refractivity contribution in [1.82, 2.24) is 9.55 Å². The molecule has 134 valence electrons. The Morgan fingerprint density at radius 3 is 2.67 bits per heavy atom. The van der Waals surface area contributed by atoms with E-state index < -0.39 is 41.9 Å². The number of ether oxygens (including phenoxy) is 2. The molecule has 1 aromatic heterocycles. The van der Waals surface area contributed by atoms with E-state index in [9.17, 15) is 20.1 Å². The molecule has 4 atom stereocenters. The normalized spacial score (nSPS) is 28.2. The fraction of sp³-hybridized carbons (Fsp3) is 0.643. The summed E-state index contributed by atoms with van der Waals surface area (Å²) in [5, 5.41) is 31.4. The van der Waals surface area contributed by atoms with Gasteiger partial charge >= 0.3 is 5.69 Å². The lowest BCUT2D eigenvalue weighted by molar-refractivity contribution is -0.259. The third kappa shape index (κ3) is 4.23. The quantitative estimate of drug-likeness (QED) is 0.412. The average Bonchev–Trinajstić information content (AvgIpc) is 2.73. The summed E-state index contributed by atoms with van der Waals surface area (Å²) >= 11 is 5.63. The minimum Gasteiger partial charge on any atom is -0.594 e. The molecule has 0 aromatic carbocycles. The van der Waals surface area contributed by atoms with Crippen LogP contribution < -0.4 is 10.8 Å². The van der Waals surface area contributed by atoms with E-state index in [0.717, 1.165) is 4.57 Å². The zero-order valence-corrected chi connectivity index (χ0v) is 14.2. The molecule has 2 N–H and O–H groups in total. The minimum absolute atomic E-state index is 0.0387. The van der Waals surface area contributed by atoms with Gasteiger partial charge in [-0.3, -0.25) is 4.57 Å². The van der Waals surface area contributed by atoms with E-state index in [1.807, 2.05) is 0 Å². The van der Waals surface area contributed by atoms with Gasteiger partial charge in [-0.15, -0.1) is 11.6 Å². The Bertz CT molecular complexity index is 671. The lowest BCUT2D eigenvalue weighted by Gasteiger charge is -2.29. The van der Waals surface area contributed by atoms with Crippen molar-refractivity contribution < 1.29 is 24.8 Å². The Kier molecular flexibility index (Phi) is 5.49. The lowest BCUT2D eigenvalue weighted by Crippen LogP contribution is -2.35. The SMILES string of the molecule is CC(C)(C)OC([O-])=Nc1ccn([C@H]2O[C@@H](CCl)[C@H](O)[C@@H]2O)c(=O)n1. The largest absolute Gasteiger partial charge is 0.594 e. The fourth-order valence-electron chi connectivity index (χ4n) is 2.12. The number of aromatic nitrogens is 2. The van der Waals surface area contributed by atoms with Crippen LogP contribution in [0.25, 0.3) is 0 Å². The predicted molar refractivity (Wildman–Crippen MR) is 83.1 cm³/mol. The molecule has 1 aromatic rings. The maximum Gasteiger partial charge on any atom is 0.351 e. The van der Waals surface area contributed by atoms with Gasteiger partial charge in [0.15, 0.2) is 18.1 Å². The summed E-state index contributed by atoms with van der Waals surface area (Å²) in [4.78, 5) is 19.3. The fourth-order valence-corrected chi connectivity index (χ4v) is 2.38. The molecular formula is C14H19ClN3O6-. The molecule has 1 saturated heterocycles. The Labute approximate surface area is 143 Å². The number of aliphatic hydroxyl groups excluding tert-OH is 2. The van der Waals surface area contributed by atoms with Gasteiger partial charge in [-0.1, -0.05) is 20.8 Å². The number of aliphatic hydroxyl groups is 2. The van der Waals surface area contributed by atoms with Crippen LogP contribution in [0.2, 0.25) is 0 Å². The molecular weight excluding hydrogens is 342 g/mol. The molecule has 0 unspecified atom stereocenters. The zero-order valence-electron chi connectivity index (χ0n) is 13.4. The molecule has 24 heavy (non-hydrogen) atoms. The minimum atomic E-state index is -1.33. The van der Waals surface area contributed by atoms with Crippen LogP contribution in [-0.4, -0.2) is 55.6 Å². The summed E-state index contributed by atoms with van der Waals surface area (Å²) in [5.41, 5.74) is -1.52. The van der Waals surface area contributed by atoms with Crippen LogP contribution in [0.4, 0.5) is 5.82 Å². The highest BCUT2D eigenvalue weighted by molar-refractivity contribution is 6.18. The summed E-state index contributed by atoms with van der Waals surface area (Å²) < 4.78 is 11.4. The van der Waals surface area contributed by atoms with Gasteiger partial charge in [-0.25, -0.2) is 9.79 Å². The van der Waals surface area contributed by atoms with Crippen LogP contribution in [-0.2, 0) is 9.47 Å². The number of alkyl halides is 1. The summed E-state index contributed by atoms with van der Waals surface area (Å²) in [5.74, 6) is -0.171. The van der Waals surface area contributed by atoms with Crippen molar-refractivity contribution in [3.8, 4) is 0 Å². The maximum absolute atomic E-state index is 12.1. The van der Waals surface area contributed by atoms with Crippen LogP contribution in [0.3, 0.4) is 0 Å². The second-order valence-electron chi connectivity index (χ2n) is 6.27. The van der Waals surface area contributed by atoms with Gasteiger partial charge in [-0.05, 0) is 6.07 Å². The van der Waals surface area contributed by atoms with Crippen molar-refractivity contribution in [3.63, 3.8) is 0 Å². The van der Waals surface area contributed by atoms with E-state index in [2.05, 4.69) is 9.98 Å². The molecule has 0 spiro atoms. The van der Waals surface area contributed by atoms with Crippen LogP contribution in [0.1, 0.15) is 27.0 Å². The molecule has 0 bridgehead atoms. The van der Waals surface area contributed by atoms with E-state index in [1.54, 1.807) is 20.8 Å². The highest BCUT2D eigenvalue weighted by Gasteiger charge is 2.43. The van der Waals surface area contributed by atoms with Gasteiger partial charge in [0.25, 0.3) is 0 Å². The van der Waals surface area contributed by atoms with Crippen LogP contribution >= 0.6 is 11.6 Å². The standard InChI is InChI=1S/C14H20ClN3O6/c1-14(2,3)24-13(22)17-8-4-5-18(12(21)16-8)11-10(20)9(19)7(6-15)23-11/h4-5,7,9-11,19-20H,6H2,1-3H3,(H,16,17,21,22)/p-1/t7-,9-,10-,11-/m0/s1. The monoisotopic (exact) mass is 360 g/mol. The molecule has 10 heteroatoms. The van der Waals surface area contributed by atoms with Gasteiger partial charge in [0.1, 0.15) is 18.3 Å². The van der Waals surface area contributed by atoms with Gasteiger partial charge in [0.05, 0.1) is 5.88 Å². The first-order valence-electron chi connectivity index (χ1n) is 7.24. The molecule has 2 rings (SSSR count). The number of halogens is 1. The van der Waals surface area contributed by atoms with Gasteiger partial charge < -0.3 is 24.8 Å². The second-order valence-corrected chi connectivity index (χ2v) is 6.58. The van der Waals surface area contributed by atoms with Crippen LogP contribution in [0.5, 0.6) is 0 Å². The first-order valence-corrected chi connectivity index (χ1v) is 7.77. The Morgan fingerprint density at radius 1 is 1.50 bits per heavy atom. The second kappa shape index (κ2) is 7.06. The molecule has 0 saturated carbocycles. The van der Waals surface area contributed by atoms with Gasteiger partial charge in [0, 0.05) is 11.8 Å². The van der Waals surface area contributed by atoms with Gasteiger partial charge in [-0.2, -0.15) is 4.98 Å². The van der Waals surface area contributed by atoms with Crippen molar-refractivity contribution in [2.45, 2.75) is 50.9 Å². The van der Waals surface area contributed by atoms with Crippen molar-refractivity contribution >= 4 is 23.5 Å². The molecule has 0 aliphatic carbocycles. The van der Waals surface area contributed by atoms with Crippen LogP contribution in [0.15, 0.2) is 22.1 Å². The predicted octanol–water partition coefficient (Wildman–Crippen LogP) is -0.736. The van der Waals surface area contributed by atoms with E-state index in [-0.39, 0.29) is 11.7 Å². The van der Waals surface area contributed by atoms with Crippen LogP contribution in [0, 0.1) is 0 Å². The summed E-state index contributed by atoms with van der Waals surface area (Å²) in [6, 6.07) is 1.29. The molecule has 0 amide bonds. The van der Waals surface area contributed by atoms with Crippen molar-refractivity contribution in [2.24, 2.45) is 4.99 Å². The lowest BCUT2D eigenvalue weighted by atomic mass is 10.1. The third-order valence-corrected chi connectivity index (χ3v) is 3.48. The van der Waals surface area contributed by atoms with Crippen molar-refractivity contribution in [1.29, 1.82) is 0 Å². The zero-order chi connectivity index (χ0) is 18.1. The first kappa shape index (κ1) is 18.7. The highest BCUT2D eigenvalue weighted by atomic mass is 35.5. The number of nitrogens with zero attached hydrogens (tertiary/aromatic N) is 3. The molecule has 9 nitrogen and oxygen atoms in total. The Morgan fingerprint density at radius 2 is 2.17 bits per heavy atom. The Hall–Kier alpha value is -1.68. The van der Waals surface area contributed by atoms with Gasteiger partial charge in [0.2, 0.25) is 0 Å².